The number of aliphatic hydroxyl groups excluding tert-OH is 1. The quantitative estimate of drug-likeness (QED) is 0.865. The second kappa shape index (κ2) is 6.61. The van der Waals surface area contributed by atoms with E-state index in [1.54, 1.807) is 12.1 Å². The predicted molar refractivity (Wildman–Crippen MR) is 68.3 cm³/mol. The second-order valence-corrected chi connectivity index (χ2v) is 3.97. The topological polar surface area (TPSA) is 71.7 Å². The maximum Gasteiger partial charge on any atom is 0.407 e. The van der Waals surface area contributed by atoms with Gasteiger partial charge in [-0.15, -0.1) is 0 Å². The van der Waals surface area contributed by atoms with Crippen molar-refractivity contribution in [1.29, 1.82) is 0 Å². The van der Waals surface area contributed by atoms with Gasteiger partial charge in [0.2, 0.25) is 0 Å². The number of hydrogen-bond donors (Lipinski definition) is 2. The summed E-state index contributed by atoms with van der Waals surface area (Å²) in [6.07, 6.45) is 0.0143. The van der Waals surface area contributed by atoms with Gasteiger partial charge in [0.25, 0.3) is 0 Å². The molecule has 2 rings (SSSR count). The molecular formula is C14H15NO4. The Kier molecular flexibility index (Phi) is 4.58. The van der Waals surface area contributed by atoms with E-state index in [0.29, 0.717) is 5.76 Å². The van der Waals surface area contributed by atoms with E-state index in [-0.39, 0.29) is 13.2 Å². The molecule has 0 aliphatic carbocycles. The number of ether oxygens (including phenoxy) is 1. The Morgan fingerprint density at radius 2 is 2.05 bits per heavy atom. The highest BCUT2D eigenvalue weighted by molar-refractivity contribution is 5.67. The molecule has 2 aromatic rings. The van der Waals surface area contributed by atoms with E-state index in [1.165, 1.54) is 6.26 Å². The lowest BCUT2D eigenvalue weighted by atomic mass is 10.2. The van der Waals surface area contributed by atoms with Crippen LogP contribution in [0.25, 0.3) is 0 Å². The summed E-state index contributed by atoms with van der Waals surface area (Å²) in [6.45, 7) is 0.241. The van der Waals surface area contributed by atoms with Crippen LogP contribution >= 0.6 is 0 Å². The smallest absolute Gasteiger partial charge is 0.407 e. The van der Waals surface area contributed by atoms with E-state index in [0.717, 1.165) is 5.56 Å². The van der Waals surface area contributed by atoms with Crippen LogP contribution in [0.3, 0.4) is 0 Å². The maximum absolute atomic E-state index is 11.4. The van der Waals surface area contributed by atoms with Crippen molar-refractivity contribution in [1.82, 2.24) is 5.32 Å². The number of alkyl carbamates (subject to hydrolysis) is 1. The van der Waals surface area contributed by atoms with E-state index < -0.39 is 12.2 Å². The highest BCUT2D eigenvalue weighted by Gasteiger charge is 2.12. The molecule has 0 saturated carbocycles. The van der Waals surface area contributed by atoms with E-state index in [4.69, 9.17) is 9.15 Å². The Balaban J connectivity index is 1.70. The number of hydrogen-bond acceptors (Lipinski definition) is 4. The number of aliphatic hydroxyl groups is 1. The lowest BCUT2D eigenvalue weighted by molar-refractivity contribution is 0.118. The fourth-order valence-corrected chi connectivity index (χ4v) is 1.54. The van der Waals surface area contributed by atoms with Crippen molar-refractivity contribution in [3.63, 3.8) is 0 Å². The summed E-state index contributed by atoms with van der Waals surface area (Å²) < 4.78 is 10.0. The van der Waals surface area contributed by atoms with Crippen LogP contribution in [0.1, 0.15) is 17.4 Å². The van der Waals surface area contributed by atoms with Crippen LogP contribution < -0.4 is 5.32 Å². The van der Waals surface area contributed by atoms with Gasteiger partial charge in [-0.2, -0.15) is 0 Å². The minimum Gasteiger partial charge on any atom is -0.467 e. The molecule has 2 N–H and O–H groups in total. The molecule has 0 fully saturated rings. The first kappa shape index (κ1) is 13.2. The van der Waals surface area contributed by atoms with Crippen molar-refractivity contribution < 1.29 is 19.1 Å². The Labute approximate surface area is 110 Å². The fourth-order valence-electron chi connectivity index (χ4n) is 1.54. The SMILES string of the molecule is O=C(NCC(O)c1ccco1)OCc1ccccc1. The summed E-state index contributed by atoms with van der Waals surface area (Å²) in [5, 5.41) is 12.1. The molecule has 1 amide bonds. The van der Waals surface area contributed by atoms with Crippen molar-refractivity contribution in [2.24, 2.45) is 0 Å². The Bertz CT molecular complexity index is 495. The first-order valence-corrected chi connectivity index (χ1v) is 5.92. The molecule has 0 saturated heterocycles. The van der Waals surface area contributed by atoms with E-state index in [9.17, 15) is 9.90 Å². The average molecular weight is 261 g/mol. The number of carbonyl (C=O) groups excluding carboxylic acids is 1. The number of amides is 1. The number of furan rings is 1. The molecule has 0 radical (unpaired) electrons. The van der Waals surface area contributed by atoms with Crippen LogP contribution in [-0.2, 0) is 11.3 Å². The van der Waals surface area contributed by atoms with Crippen LogP contribution in [0.4, 0.5) is 4.79 Å². The molecule has 0 bridgehead atoms. The predicted octanol–water partition coefficient (Wildman–Crippen LogP) is 2.24. The molecule has 1 unspecified atom stereocenters. The first-order valence-electron chi connectivity index (χ1n) is 5.92. The van der Waals surface area contributed by atoms with Gasteiger partial charge in [-0.25, -0.2) is 4.79 Å². The zero-order valence-corrected chi connectivity index (χ0v) is 10.3. The van der Waals surface area contributed by atoms with E-state index in [1.807, 2.05) is 30.3 Å². The fraction of sp³-hybridized carbons (Fsp3) is 0.214. The minimum atomic E-state index is -0.876. The molecule has 0 aliphatic rings. The van der Waals surface area contributed by atoms with Gasteiger partial charge in [0.15, 0.2) is 0 Å². The van der Waals surface area contributed by atoms with Crippen molar-refractivity contribution in [3.8, 4) is 0 Å². The summed E-state index contributed by atoms with van der Waals surface area (Å²) in [7, 11) is 0. The van der Waals surface area contributed by atoms with Gasteiger partial charge < -0.3 is 19.6 Å². The Morgan fingerprint density at radius 3 is 2.74 bits per heavy atom. The van der Waals surface area contributed by atoms with E-state index >= 15 is 0 Å². The van der Waals surface area contributed by atoms with Crippen LogP contribution in [0.2, 0.25) is 0 Å². The van der Waals surface area contributed by atoms with E-state index in [2.05, 4.69) is 5.32 Å². The van der Waals surface area contributed by atoms with Crippen molar-refractivity contribution in [2.75, 3.05) is 6.54 Å². The Morgan fingerprint density at radius 1 is 1.26 bits per heavy atom. The third-order valence-corrected chi connectivity index (χ3v) is 2.52. The summed E-state index contributed by atoms with van der Waals surface area (Å²) in [6, 6.07) is 12.7. The summed E-state index contributed by atoms with van der Waals surface area (Å²) in [4.78, 5) is 11.4. The number of carbonyl (C=O) groups is 1. The van der Waals surface area contributed by atoms with Gasteiger partial charge in [0.05, 0.1) is 12.8 Å². The van der Waals surface area contributed by atoms with Crippen molar-refractivity contribution in [3.05, 3.63) is 60.1 Å². The van der Waals surface area contributed by atoms with Gasteiger partial charge in [0.1, 0.15) is 18.5 Å². The summed E-state index contributed by atoms with van der Waals surface area (Å²) in [5.74, 6) is 0.406. The third kappa shape index (κ3) is 4.15. The van der Waals surface area contributed by atoms with Crippen LogP contribution in [-0.4, -0.2) is 17.7 Å². The van der Waals surface area contributed by atoms with Gasteiger partial charge in [0, 0.05) is 0 Å². The zero-order valence-electron chi connectivity index (χ0n) is 10.3. The number of rotatable bonds is 5. The Hall–Kier alpha value is -2.27. The summed E-state index contributed by atoms with van der Waals surface area (Å²) in [5.41, 5.74) is 0.907. The van der Waals surface area contributed by atoms with Gasteiger partial charge in [-0.05, 0) is 17.7 Å². The highest BCUT2D eigenvalue weighted by atomic mass is 16.5. The summed E-state index contributed by atoms with van der Waals surface area (Å²) >= 11 is 0. The normalized spacial score (nSPS) is 11.8. The van der Waals surface area contributed by atoms with Crippen molar-refractivity contribution >= 4 is 6.09 Å². The van der Waals surface area contributed by atoms with Gasteiger partial charge in [-0.3, -0.25) is 0 Å². The number of nitrogens with one attached hydrogen (secondary N) is 1. The van der Waals surface area contributed by atoms with Gasteiger partial charge >= 0.3 is 6.09 Å². The highest BCUT2D eigenvalue weighted by Crippen LogP contribution is 2.11. The third-order valence-electron chi connectivity index (χ3n) is 2.52. The lowest BCUT2D eigenvalue weighted by Crippen LogP contribution is -2.28. The van der Waals surface area contributed by atoms with Crippen LogP contribution in [0.5, 0.6) is 0 Å². The van der Waals surface area contributed by atoms with Gasteiger partial charge in [-0.1, -0.05) is 30.3 Å². The van der Waals surface area contributed by atoms with Crippen LogP contribution in [0, 0.1) is 0 Å². The molecule has 0 spiro atoms. The molecule has 19 heavy (non-hydrogen) atoms. The first-order chi connectivity index (χ1) is 9.25. The molecule has 1 aromatic carbocycles. The zero-order chi connectivity index (χ0) is 13.5. The second-order valence-electron chi connectivity index (χ2n) is 3.97. The molecule has 100 valence electrons. The minimum absolute atomic E-state index is 0.0428. The number of benzene rings is 1. The monoisotopic (exact) mass is 261 g/mol. The molecular weight excluding hydrogens is 246 g/mol. The maximum atomic E-state index is 11.4. The lowest BCUT2D eigenvalue weighted by Gasteiger charge is -2.10. The molecule has 5 heteroatoms. The molecule has 5 nitrogen and oxygen atoms in total. The average Bonchev–Trinajstić information content (AvgIpc) is 2.98. The molecule has 1 heterocycles. The van der Waals surface area contributed by atoms with Crippen LogP contribution in [0.15, 0.2) is 53.1 Å². The largest absolute Gasteiger partial charge is 0.467 e. The standard InChI is InChI=1S/C14H15NO4/c16-12(13-7-4-8-18-13)9-15-14(17)19-10-11-5-2-1-3-6-11/h1-8,12,16H,9-10H2,(H,15,17). The molecule has 0 aliphatic heterocycles. The molecule has 1 atom stereocenters. The van der Waals surface area contributed by atoms with Crippen molar-refractivity contribution in [2.45, 2.75) is 12.7 Å². The molecule has 1 aromatic heterocycles.